The molecule has 1 saturated heterocycles. The Morgan fingerprint density at radius 3 is 2.83 bits per heavy atom. The molecule has 1 aromatic rings. The second-order valence-corrected chi connectivity index (χ2v) is 5.17. The van der Waals surface area contributed by atoms with Crippen LogP contribution in [-0.4, -0.2) is 52.9 Å². The number of alkyl halides is 1. The van der Waals surface area contributed by atoms with Crippen molar-refractivity contribution in [2.75, 3.05) is 32.1 Å². The topological polar surface area (TPSA) is 30.3 Å². The first-order chi connectivity index (χ1) is 8.79. The van der Waals surface area contributed by atoms with Crippen molar-refractivity contribution in [3.05, 3.63) is 18.0 Å². The van der Waals surface area contributed by atoms with Gasteiger partial charge in [-0.25, -0.2) is 0 Å². The molecule has 102 valence electrons. The lowest BCUT2D eigenvalue weighted by Gasteiger charge is -2.31. The van der Waals surface area contributed by atoms with Crippen molar-refractivity contribution < 1.29 is 4.74 Å². The van der Waals surface area contributed by atoms with E-state index in [-0.39, 0.29) is 0 Å². The van der Waals surface area contributed by atoms with Gasteiger partial charge in [0.2, 0.25) is 0 Å². The number of hydrogen-bond donors (Lipinski definition) is 0. The van der Waals surface area contributed by atoms with Gasteiger partial charge >= 0.3 is 0 Å². The Kier molecular flexibility index (Phi) is 5.47. The van der Waals surface area contributed by atoms with E-state index in [9.17, 15) is 0 Å². The Hall–Kier alpha value is -0.580. The Morgan fingerprint density at radius 1 is 1.44 bits per heavy atom. The van der Waals surface area contributed by atoms with Crippen molar-refractivity contribution in [1.82, 2.24) is 14.7 Å². The van der Waals surface area contributed by atoms with Gasteiger partial charge in [-0.05, 0) is 18.9 Å². The van der Waals surface area contributed by atoms with Crippen LogP contribution in [0.4, 0.5) is 0 Å². The van der Waals surface area contributed by atoms with Gasteiger partial charge in [0.15, 0.2) is 0 Å². The van der Waals surface area contributed by atoms with Crippen LogP contribution < -0.4 is 0 Å². The summed E-state index contributed by atoms with van der Waals surface area (Å²) >= 11 is 5.63. The number of ether oxygens (including phenoxy) is 1. The fourth-order valence-corrected chi connectivity index (χ4v) is 2.52. The number of halogens is 1. The van der Waals surface area contributed by atoms with Crippen molar-refractivity contribution in [3.8, 4) is 0 Å². The molecule has 5 heteroatoms. The molecule has 0 radical (unpaired) electrons. The minimum Gasteiger partial charge on any atom is -0.377 e. The third-order valence-electron chi connectivity index (χ3n) is 3.57. The van der Waals surface area contributed by atoms with Crippen LogP contribution in [0.25, 0.3) is 0 Å². The zero-order valence-electron chi connectivity index (χ0n) is 11.0. The number of aryl methyl sites for hydroxylation is 1. The number of rotatable bonds is 6. The van der Waals surface area contributed by atoms with Crippen LogP contribution in [0.15, 0.2) is 12.3 Å². The van der Waals surface area contributed by atoms with Crippen molar-refractivity contribution in [2.45, 2.75) is 25.4 Å². The van der Waals surface area contributed by atoms with Crippen molar-refractivity contribution in [3.63, 3.8) is 0 Å². The predicted octanol–water partition coefficient (Wildman–Crippen LogP) is 1.68. The number of piperidine rings is 1. The summed E-state index contributed by atoms with van der Waals surface area (Å²) in [5, 5.41) is 4.19. The number of likely N-dealkylation sites (tertiary alicyclic amines) is 1. The van der Waals surface area contributed by atoms with Crippen LogP contribution in [0.5, 0.6) is 0 Å². The van der Waals surface area contributed by atoms with Crippen LogP contribution in [0, 0.1) is 0 Å². The highest BCUT2D eigenvalue weighted by atomic mass is 35.5. The second-order valence-electron chi connectivity index (χ2n) is 4.80. The molecular formula is C13H22ClN3O. The fraction of sp³-hybridized carbons (Fsp3) is 0.769. The summed E-state index contributed by atoms with van der Waals surface area (Å²) in [6.45, 7) is 4.05. The van der Waals surface area contributed by atoms with Crippen LogP contribution >= 0.6 is 11.6 Å². The van der Waals surface area contributed by atoms with Gasteiger partial charge in [-0.1, -0.05) is 0 Å². The highest BCUT2D eigenvalue weighted by Crippen LogP contribution is 2.14. The van der Waals surface area contributed by atoms with Gasteiger partial charge in [0.05, 0.1) is 12.7 Å². The lowest BCUT2D eigenvalue weighted by Crippen LogP contribution is -2.38. The summed E-state index contributed by atoms with van der Waals surface area (Å²) in [6, 6.07) is 2.09. The molecule has 0 bridgehead atoms. The van der Waals surface area contributed by atoms with E-state index in [1.165, 1.54) is 5.69 Å². The summed E-state index contributed by atoms with van der Waals surface area (Å²) < 4.78 is 7.63. The Morgan fingerprint density at radius 2 is 2.22 bits per heavy atom. The molecule has 0 N–H and O–H groups in total. The summed E-state index contributed by atoms with van der Waals surface area (Å²) in [4.78, 5) is 2.51. The van der Waals surface area contributed by atoms with Gasteiger partial charge in [-0.15, -0.1) is 11.6 Å². The summed E-state index contributed by atoms with van der Waals surface area (Å²) in [5.74, 6) is 0.598. The average Bonchev–Trinajstić information content (AvgIpc) is 2.81. The van der Waals surface area contributed by atoms with Gasteiger partial charge in [0, 0.05) is 50.9 Å². The molecule has 4 nitrogen and oxygen atoms in total. The summed E-state index contributed by atoms with van der Waals surface area (Å²) in [7, 11) is 2.00. The first kappa shape index (κ1) is 13.8. The van der Waals surface area contributed by atoms with E-state index >= 15 is 0 Å². The Balaban J connectivity index is 1.66. The molecule has 1 aliphatic heterocycles. The van der Waals surface area contributed by atoms with E-state index in [0.717, 1.165) is 38.9 Å². The molecule has 0 amide bonds. The molecule has 2 rings (SSSR count). The maximum Gasteiger partial charge on any atom is 0.0605 e. The van der Waals surface area contributed by atoms with Crippen molar-refractivity contribution in [2.24, 2.45) is 7.05 Å². The van der Waals surface area contributed by atoms with Crippen molar-refractivity contribution >= 4 is 11.6 Å². The molecule has 0 saturated carbocycles. The molecule has 18 heavy (non-hydrogen) atoms. The maximum atomic E-state index is 5.68. The lowest BCUT2D eigenvalue weighted by molar-refractivity contribution is 0.0154. The molecule has 2 heterocycles. The molecule has 0 unspecified atom stereocenters. The van der Waals surface area contributed by atoms with Gasteiger partial charge in [-0.3, -0.25) is 4.68 Å². The van der Waals surface area contributed by atoms with Crippen LogP contribution in [0.2, 0.25) is 0 Å². The van der Waals surface area contributed by atoms with Crippen LogP contribution in [0.3, 0.4) is 0 Å². The van der Waals surface area contributed by atoms with Gasteiger partial charge in [-0.2, -0.15) is 5.10 Å². The second kappa shape index (κ2) is 7.12. The molecule has 1 aliphatic rings. The zero-order chi connectivity index (χ0) is 12.8. The molecule has 1 aromatic heterocycles. The van der Waals surface area contributed by atoms with E-state index in [0.29, 0.717) is 18.6 Å². The normalized spacial score (nSPS) is 18.3. The highest BCUT2D eigenvalue weighted by Gasteiger charge is 2.19. The standard InChI is InChI=1S/C13H22ClN3O/c1-16-12(2-7-15-16)3-8-17-9-4-13(5-10-17)18-11-6-14/h2,7,13H,3-6,8-11H2,1H3. The molecule has 0 aliphatic carbocycles. The number of hydrogen-bond acceptors (Lipinski definition) is 3. The van der Waals surface area contributed by atoms with E-state index in [1.54, 1.807) is 0 Å². The Bertz CT molecular complexity index is 348. The lowest BCUT2D eigenvalue weighted by atomic mass is 10.1. The van der Waals surface area contributed by atoms with E-state index in [2.05, 4.69) is 16.1 Å². The molecular weight excluding hydrogens is 250 g/mol. The Labute approximate surface area is 114 Å². The number of aromatic nitrogens is 2. The largest absolute Gasteiger partial charge is 0.377 e. The quantitative estimate of drug-likeness (QED) is 0.738. The van der Waals surface area contributed by atoms with Crippen LogP contribution in [0.1, 0.15) is 18.5 Å². The van der Waals surface area contributed by atoms with Gasteiger partial charge in [0.25, 0.3) is 0 Å². The van der Waals surface area contributed by atoms with E-state index in [1.807, 2.05) is 17.9 Å². The van der Waals surface area contributed by atoms with Crippen molar-refractivity contribution in [1.29, 1.82) is 0 Å². The molecule has 1 fully saturated rings. The predicted molar refractivity (Wildman–Crippen MR) is 73.0 cm³/mol. The first-order valence-corrected chi connectivity index (χ1v) is 7.20. The monoisotopic (exact) mass is 271 g/mol. The minimum atomic E-state index is 0.414. The first-order valence-electron chi connectivity index (χ1n) is 6.66. The minimum absolute atomic E-state index is 0.414. The molecule has 0 spiro atoms. The third-order valence-corrected chi connectivity index (χ3v) is 3.73. The van der Waals surface area contributed by atoms with E-state index in [4.69, 9.17) is 16.3 Å². The van der Waals surface area contributed by atoms with Crippen LogP contribution in [-0.2, 0) is 18.2 Å². The average molecular weight is 272 g/mol. The summed E-state index contributed by atoms with van der Waals surface area (Å²) in [5.41, 5.74) is 1.30. The van der Waals surface area contributed by atoms with E-state index < -0.39 is 0 Å². The van der Waals surface area contributed by atoms with Gasteiger partial charge < -0.3 is 9.64 Å². The fourth-order valence-electron chi connectivity index (χ4n) is 2.43. The van der Waals surface area contributed by atoms with Gasteiger partial charge in [0.1, 0.15) is 0 Å². The third kappa shape index (κ3) is 3.97. The SMILES string of the molecule is Cn1nccc1CCN1CCC(OCCCl)CC1. The summed E-state index contributed by atoms with van der Waals surface area (Å²) in [6.07, 6.45) is 5.60. The zero-order valence-corrected chi connectivity index (χ0v) is 11.8. The maximum absolute atomic E-state index is 5.68. The molecule has 0 atom stereocenters. The molecule has 0 aromatic carbocycles. The highest BCUT2D eigenvalue weighted by molar-refractivity contribution is 6.17. The smallest absolute Gasteiger partial charge is 0.0605 e. The number of nitrogens with zero attached hydrogens (tertiary/aromatic N) is 3.